The van der Waals surface area contributed by atoms with Crippen molar-refractivity contribution in [2.24, 2.45) is 0 Å². The summed E-state index contributed by atoms with van der Waals surface area (Å²) in [6.45, 7) is 4.45. The van der Waals surface area contributed by atoms with Gasteiger partial charge in [0.25, 0.3) is 0 Å². The van der Waals surface area contributed by atoms with Crippen LogP contribution in [-0.4, -0.2) is 23.1 Å². The molecule has 0 radical (unpaired) electrons. The van der Waals surface area contributed by atoms with Gasteiger partial charge in [-0.05, 0) is 32.1 Å². The molecule has 0 rings (SSSR count). The maximum Gasteiger partial charge on any atom is 0.306 e. The van der Waals surface area contributed by atoms with Crippen molar-refractivity contribution in [2.45, 2.75) is 206 Å². The van der Waals surface area contributed by atoms with Crippen molar-refractivity contribution in [2.75, 3.05) is 0 Å². The van der Waals surface area contributed by atoms with E-state index in [0.717, 1.165) is 57.8 Å². The minimum Gasteiger partial charge on any atom is -0.481 e. The second kappa shape index (κ2) is 30.5. The van der Waals surface area contributed by atoms with Gasteiger partial charge in [-0.2, -0.15) is 0 Å². The first-order valence-corrected chi connectivity index (χ1v) is 17.0. The molecule has 0 amide bonds. The van der Waals surface area contributed by atoms with E-state index >= 15 is 0 Å². The average Bonchev–Trinajstić information content (AvgIpc) is 2.89. The van der Waals surface area contributed by atoms with Crippen LogP contribution in [0.15, 0.2) is 0 Å². The van der Waals surface area contributed by atoms with Gasteiger partial charge in [0.1, 0.15) is 6.10 Å². The molecule has 0 saturated carbocycles. The van der Waals surface area contributed by atoms with E-state index in [1.54, 1.807) is 0 Å². The largest absolute Gasteiger partial charge is 0.481 e. The van der Waals surface area contributed by atoms with E-state index in [9.17, 15) is 9.59 Å². The predicted octanol–water partition coefficient (Wildman–Crippen LogP) is 11.3. The summed E-state index contributed by atoms with van der Waals surface area (Å²) < 4.78 is 5.81. The molecule has 0 aliphatic rings. The Balaban J connectivity index is 3.49. The molecule has 0 aromatic rings. The van der Waals surface area contributed by atoms with E-state index < -0.39 is 5.97 Å². The summed E-state index contributed by atoms with van der Waals surface area (Å²) >= 11 is 0. The van der Waals surface area contributed by atoms with Crippen LogP contribution in [0.4, 0.5) is 0 Å². The molecule has 0 saturated heterocycles. The van der Waals surface area contributed by atoms with Crippen LogP contribution in [0.1, 0.15) is 200 Å². The Morgan fingerprint density at radius 1 is 0.474 bits per heavy atom. The molecule has 0 aliphatic carbocycles. The van der Waals surface area contributed by atoms with E-state index in [1.807, 2.05) is 0 Å². The smallest absolute Gasteiger partial charge is 0.306 e. The van der Waals surface area contributed by atoms with E-state index in [-0.39, 0.29) is 12.1 Å². The number of hydrogen-bond acceptors (Lipinski definition) is 3. The Bertz CT molecular complexity index is 505. The zero-order chi connectivity index (χ0) is 27.9. The summed E-state index contributed by atoms with van der Waals surface area (Å²) in [5.74, 6) is -0.686. The fourth-order valence-corrected chi connectivity index (χ4v) is 5.36. The highest BCUT2D eigenvalue weighted by Gasteiger charge is 2.13. The minimum absolute atomic E-state index is 0.00263. The monoisotopic (exact) mass is 538 g/mol. The number of unbranched alkanes of at least 4 members (excludes halogenated alkanes) is 22. The van der Waals surface area contributed by atoms with E-state index in [0.29, 0.717) is 12.8 Å². The number of carbonyl (C=O) groups excluding carboxylic acids is 1. The fraction of sp³-hybridized carbons (Fsp3) is 0.941. The SMILES string of the molecule is CCCCCCCCCCCCCCCCCCCC(=O)OC(CCC)CCCCCCCCCC(=O)O. The summed E-state index contributed by atoms with van der Waals surface area (Å²) in [4.78, 5) is 22.8. The Morgan fingerprint density at radius 2 is 0.842 bits per heavy atom. The fourth-order valence-electron chi connectivity index (χ4n) is 5.36. The van der Waals surface area contributed by atoms with Gasteiger partial charge >= 0.3 is 11.9 Å². The molecule has 226 valence electrons. The Hall–Kier alpha value is -1.06. The zero-order valence-electron chi connectivity index (χ0n) is 25.8. The highest BCUT2D eigenvalue weighted by atomic mass is 16.5. The highest BCUT2D eigenvalue weighted by Crippen LogP contribution is 2.17. The number of hydrogen-bond donors (Lipinski definition) is 1. The summed E-state index contributed by atoms with van der Waals surface area (Å²) in [5.41, 5.74) is 0. The quantitative estimate of drug-likeness (QED) is 0.0704. The Kier molecular flexibility index (Phi) is 29.6. The third kappa shape index (κ3) is 29.5. The second-order valence-electron chi connectivity index (χ2n) is 11.7. The van der Waals surface area contributed by atoms with Crippen molar-refractivity contribution >= 4 is 11.9 Å². The Morgan fingerprint density at radius 3 is 1.24 bits per heavy atom. The van der Waals surface area contributed by atoms with E-state index in [4.69, 9.17) is 9.84 Å². The summed E-state index contributed by atoms with van der Waals surface area (Å²) in [6.07, 6.45) is 34.6. The first-order valence-electron chi connectivity index (χ1n) is 17.0. The number of carboxylic acid groups (broad SMARTS) is 1. The molecule has 0 aromatic carbocycles. The van der Waals surface area contributed by atoms with E-state index in [1.165, 1.54) is 116 Å². The molecule has 4 heteroatoms. The van der Waals surface area contributed by atoms with Crippen molar-refractivity contribution in [3.05, 3.63) is 0 Å². The van der Waals surface area contributed by atoms with Crippen molar-refractivity contribution in [1.29, 1.82) is 0 Å². The van der Waals surface area contributed by atoms with Crippen LogP contribution < -0.4 is 0 Å². The van der Waals surface area contributed by atoms with Gasteiger partial charge in [-0.3, -0.25) is 9.59 Å². The number of rotatable bonds is 31. The summed E-state index contributed by atoms with van der Waals surface area (Å²) in [7, 11) is 0. The van der Waals surface area contributed by atoms with Gasteiger partial charge in [0.2, 0.25) is 0 Å². The lowest BCUT2D eigenvalue weighted by atomic mass is 10.0. The number of ether oxygens (including phenoxy) is 1. The molecule has 38 heavy (non-hydrogen) atoms. The van der Waals surface area contributed by atoms with Crippen molar-refractivity contribution in [3.63, 3.8) is 0 Å². The van der Waals surface area contributed by atoms with Crippen molar-refractivity contribution in [3.8, 4) is 0 Å². The van der Waals surface area contributed by atoms with Crippen LogP contribution in [0.5, 0.6) is 0 Å². The molecule has 1 unspecified atom stereocenters. The molecular weight excluding hydrogens is 472 g/mol. The van der Waals surface area contributed by atoms with Crippen LogP contribution in [0, 0.1) is 0 Å². The predicted molar refractivity (Wildman–Crippen MR) is 163 cm³/mol. The van der Waals surface area contributed by atoms with Gasteiger partial charge < -0.3 is 9.84 Å². The van der Waals surface area contributed by atoms with Gasteiger partial charge in [-0.25, -0.2) is 0 Å². The van der Waals surface area contributed by atoms with Gasteiger partial charge in [-0.1, -0.05) is 155 Å². The second-order valence-corrected chi connectivity index (χ2v) is 11.7. The zero-order valence-corrected chi connectivity index (χ0v) is 25.8. The van der Waals surface area contributed by atoms with Gasteiger partial charge in [0.05, 0.1) is 0 Å². The lowest BCUT2D eigenvalue weighted by molar-refractivity contribution is -0.150. The molecule has 0 spiro atoms. The normalized spacial score (nSPS) is 12.1. The lowest BCUT2D eigenvalue weighted by Crippen LogP contribution is -2.18. The number of carboxylic acids is 1. The lowest BCUT2D eigenvalue weighted by Gasteiger charge is -2.17. The first kappa shape index (κ1) is 36.9. The van der Waals surface area contributed by atoms with Gasteiger partial charge in [0, 0.05) is 12.8 Å². The maximum absolute atomic E-state index is 12.3. The highest BCUT2D eigenvalue weighted by molar-refractivity contribution is 5.69. The first-order chi connectivity index (χ1) is 18.6. The molecule has 0 aliphatic heterocycles. The third-order valence-corrected chi connectivity index (χ3v) is 7.81. The van der Waals surface area contributed by atoms with Crippen LogP contribution in [0.2, 0.25) is 0 Å². The summed E-state index contributed by atoms with van der Waals surface area (Å²) in [6, 6.07) is 0. The van der Waals surface area contributed by atoms with Crippen LogP contribution in [0.3, 0.4) is 0 Å². The van der Waals surface area contributed by atoms with Crippen molar-refractivity contribution < 1.29 is 19.4 Å². The third-order valence-electron chi connectivity index (χ3n) is 7.81. The van der Waals surface area contributed by atoms with E-state index in [2.05, 4.69) is 13.8 Å². The number of esters is 1. The topological polar surface area (TPSA) is 63.6 Å². The minimum atomic E-state index is -0.688. The summed E-state index contributed by atoms with van der Waals surface area (Å²) in [5, 5.41) is 8.67. The number of aliphatic carboxylic acids is 1. The molecule has 1 atom stereocenters. The van der Waals surface area contributed by atoms with Gasteiger partial charge in [-0.15, -0.1) is 0 Å². The molecule has 0 bridgehead atoms. The van der Waals surface area contributed by atoms with Crippen LogP contribution >= 0.6 is 0 Å². The molecule has 0 heterocycles. The molecule has 0 aromatic heterocycles. The van der Waals surface area contributed by atoms with Crippen LogP contribution in [-0.2, 0) is 14.3 Å². The molecule has 4 nitrogen and oxygen atoms in total. The Labute approximate surface area is 237 Å². The number of carbonyl (C=O) groups is 2. The van der Waals surface area contributed by atoms with Gasteiger partial charge in [0.15, 0.2) is 0 Å². The average molecular weight is 539 g/mol. The maximum atomic E-state index is 12.3. The van der Waals surface area contributed by atoms with Crippen LogP contribution in [0.25, 0.3) is 0 Å². The molecule has 1 N–H and O–H groups in total. The molecule has 0 fully saturated rings. The van der Waals surface area contributed by atoms with Crippen molar-refractivity contribution in [1.82, 2.24) is 0 Å². The molecular formula is C34H66O4. The standard InChI is InChI=1S/C34H66O4/c1-3-5-6-7-8-9-10-11-12-13-14-15-16-17-21-24-27-31-34(37)38-32(28-4-2)29-25-22-19-18-20-23-26-30-33(35)36/h32H,3-31H2,1-2H3,(H,35,36).